The first-order chi connectivity index (χ1) is 11.9. The molecule has 134 valence electrons. The molecule has 0 atom stereocenters. The predicted molar refractivity (Wildman–Crippen MR) is 103 cm³/mol. The Kier molecular flexibility index (Phi) is 6.71. The molecule has 2 N–H and O–H groups in total. The SMILES string of the molecule is COc1cccc(CCNC(=O)NCC(C)(C)c2ccc(Cl)cc2)c1. The molecule has 0 bridgehead atoms. The summed E-state index contributed by atoms with van der Waals surface area (Å²) in [6.45, 7) is 5.29. The zero-order chi connectivity index (χ0) is 18.3. The summed E-state index contributed by atoms with van der Waals surface area (Å²) in [5, 5.41) is 6.54. The molecular weight excluding hydrogens is 336 g/mol. The van der Waals surface area contributed by atoms with Gasteiger partial charge < -0.3 is 15.4 Å². The van der Waals surface area contributed by atoms with Crippen molar-refractivity contribution in [2.24, 2.45) is 0 Å². The van der Waals surface area contributed by atoms with Gasteiger partial charge in [-0.1, -0.05) is 49.7 Å². The molecule has 25 heavy (non-hydrogen) atoms. The van der Waals surface area contributed by atoms with Gasteiger partial charge in [-0.05, 0) is 41.8 Å². The first-order valence-corrected chi connectivity index (χ1v) is 8.69. The second kappa shape index (κ2) is 8.77. The molecule has 2 aromatic carbocycles. The van der Waals surface area contributed by atoms with E-state index in [4.69, 9.17) is 16.3 Å². The van der Waals surface area contributed by atoms with E-state index in [1.807, 2.05) is 48.5 Å². The Balaban J connectivity index is 1.77. The van der Waals surface area contributed by atoms with Gasteiger partial charge in [0.25, 0.3) is 0 Å². The number of hydrogen-bond donors (Lipinski definition) is 2. The fourth-order valence-electron chi connectivity index (χ4n) is 2.52. The summed E-state index contributed by atoms with van der Waals surface area (Å²) in [5.41, 5.74) is 2.09. The number of urea groups is 1. The molecule has 0 saturated carbocycles. The predicted octanol–water partition coefficient (Wildman–Crippen LogP) is 4.17. The molecule has 2 amide bonds. The van der Waals surface area contributed by atoms with E-state index >= 15 is 0 Å². The highest BCUT2D eigenvalue weighted by atomic mass is 35.5. The topological polar surface area (TPSA) is 50.4 Å². The number of halogens is 1. The van der Waals surface area contributed by atoms with Crippen LogP contribution in [0.4, 0.5) is 4.79 Å². The quantitative estimate of drug-likeness (QED) is 0.778. The second-order valence-electron chi connectivity index (χ2n) is 6.60. The highest BCUT2D eigenvalue weighted by Crippen LogP contribution is 2.23. The van der Waals surface area contributed by atoms with Gasteiger partial charge >= 0.3 is 6.03 Å². The van der Waals surface area contributed by atoms with E-state index in [0.717, 1.165) is 23.3 Å². The molecule has 0 aromatic heterocycles. The van der Waals surface area contributed by atoms with Crippen molar-refractivity contribution in [3.8, 4) is 5.75 Å². The molecule has 0 aliphatic heterocycles. The lowest BCUT2D eigenvalue weighted by Crippen LogP contribution is -2.42. The minimum atomic E-state index is -0.172. The summed E-state index contributed by atoms with van der Waals surface area (Å²) in [4.78, 5) is 12.0. The largest absolute Gasteiger partial charge is 0.497 e. The van der Waals surface area contributed by atoms with E-state index in [9.17, 15) is 4.79 Å². The summed E-state index contributed by atoms with van der Waals surface area (Å²) in [6.07, 6.45) is 0.755. The van der Waals surface area contributed by atoms with Crippen molar-refractivity contribution in [2.45, 2.75) is 25.7 Å². The average molecular weight is 361 g/mol. The number of benzene rings is 2. The van der Waals surface area contributed by atoms with Crippen molar-refractivity contribution in [1.82, 2.24) is 10.6 Å². The molecule has 5 heteroatoms. The zero-order valence-corrected chi connectivity index (χ0v) is 15.7. The van der Waals surface area contributed by atoms with Crippen LogP contribution < -0.4 is 15.4 Å². The molecule has 0 unspecified atom stereocenters. The van der Waals surface area contributed by atoms with E-state index in [1.54, 1.807) is 7.11 Å². The Bertz CT molecular complexity index is 699. The van der Waals surface area contributed by atoms with Crippen LogP contribution in [0.3, 0.4) is 0 Å². The Labute approximate surface area is 154 Å². The lowest BCUT2D eigenvalue weighted by molar-refractivity contribution is 0.238. The number of amides is 2. The maximum Gasteiger partial charge on any atom is 0.314 e. The molecule has 2 rings (SSSR count). The highest BCUT2D eigenvalue weighted by molar-refractivity contribution is 6.30. The maximum atomic E-state index is 12.0. The van der Waals surface area contributed by atoms with Crippen LogP contribution in [0.1, 0.15) is 25.0 Å². The van der Waals surface area contributed by atoms with Gasteiger partial charge in [-0.2, -0.15) is 0 Å². The monoisotopic (exact) mass is 360 g/mol. The fourth-order valence-corrected chi connectivity index (χ4v) is 2.64. The lowest BCUT2D eigenvalue weighted by Gasteiger charge is -2.25. The van der Waals surface area contributed by atoms with Gasteiger partial charge in [0.2, 0.25) is 0 Å². The van der Waals surface area contributed by atoms with E-state index in [2.05, 4.69) is 24.5 Å². The minimum Gasteiger partial charge on any atom is -0.497 e. The first kappa shape index (κ1) is 19.1. The number of carbonyl (C=O) groups is 1. The van der Waals surface area contributed by atoms with Crippen LogP contribution in [0.2, 0.25) is 5.02 Å². The molecular formula is C20H25ClN2O2. The Morgan fingerprint density at radius 2 is 1.84 bits per heavy atom. The van der Waals surface area contributed by atoms with Crippen molar-refractivity contribution in [3.63, 3.8) is 0 Å². The van der Waals surface area contributed by atoms with Crippen molar-refractivity contribution < 1.29 is 9.53 Å². The third kappa shape index (κ3) is 5.98. The molecule has 0 spiro atoms. The van der Waals surface area contributed by atoms with Gasteiger partial charge in [-0.3, -0.25) is 0 Å². The number of hydrogen-bond acceptors (Lipinski definition) is 2. The molecule has 0 aliphatic rings. The van der Waals surface area contributed by atoms with Gasteiger partial charge in [0.1, 0.15) is 5.75 Å². The summed E-state index contributed by atoms with van der Waals surface area (Å²) < 4.78 is 5.20. The third-order valence-electron chi connectivity index (χ3n) is 4.15. The fraction of sp³-hybridized carbons (Fsp3) is 0.350. The molecule has 2 aromatic rings. The Hall–Kier alpha value is -2.20. The smallest absolute Gasteiger partial charge is 0.314 e. The van der Waals surface area contributed by atoms with Crippen LogP contribution >= 0.6 is 11.6 Å². The number of ether oxygens (including phenoxy) is 1. The Morgan fingerprint density at radius 3 is 2.52 bits per heavy atom. The van der Waals surface area contributed by atoms with Crippen LogP contribution in [0, 0.1) is 0 Å². The third-order valence-corrected chi connectivity index (χ3v) is 4.40. The van der Waals surface area contributed by atoms with Gasteiger partial charge in [0.05, 0.1) is 7.11 Å². The first-order valence-electron chi connectivity index (χ1n) is 8.31. The van der Waals surface area contributed by atoms with E-state index in [-0.39, 0.29) is 11.4 Å². The van der Waals surface area contributed by atoms with Crippen LogP contribution in [-0.2, 0) is 11.8 Å². The van der Waals surface area contributed by atoms with Crippen LogP contribution in [0.15, 0.2) is 48.5 Å². The van der Waals surface area contributed by atoms with Crippen molar-refractivity contribution >= 4 is 17.6 Å². The normalized spacial score (nSPS) is 11.0. The summed E-state index contributed by atoms with van der Waals surface area (Å²) >= 11 is 5.93. The summed E-state index contributed by atoms with van der Waals surface area (Å²) in [5.74, 6) is 0.826. The Morgan fingerprint density at radius 1 is 1.12 bits per heavy atom. The van der Waals surface area contributed by atoms with Gasteiger partial charge in [0, 0.05) is 23.5 Å². The van der Waals surface area contributed by atoms with E-state index in [1.165, 1.54) is 0 Å². The molecule has 0 saturated heterocycles. The van der Waals surface area contributed by atoms with Crippen molar-refractivity contribution in [2.75, 3.05) is 20.2 Å². The molecule has 0 aliphatic carbocycles. The minimum absolute atomic E-state index is 0.162. The van der Waals surface area contributed by atoms with E-state index < -0.39 is 0 Å². The molecule has 0 heterocycles. The second-order valence-corrected chi connectivity index (χ2v) is 7.04. The van der Waals surface area contributed by atoms with Crippen molar-refractivity contribution in [3.05, 3.63) is 64.7 Å². The maximum absolute atomic E-state index is 12.0. The molecule has 4 nitrogen and oxygen atoms in total. The number of nitrogens with one attached hydrogen (secondary N) is 2. The zero-order valence-electron chi connectivity index (χ0n) is 14.9. The summed E-state index contributed by atoms with van der Waals surface area (Å²) in [6, 6.07) is 15.4. The molecule has 0 fully saturated rings. The van der Waals surface area contributed by atoms with Gasteiger partial charge in [0.15, 0.2) is 0 Å². The van der Waals surface area contributed by atoms with Crippen molar-refractivity contribution in [1.29, 1.82) is 0 Å². The highest BCUT2D eigenvalue weighted by Gasteiger charge is 2.21. The number of methoxy groups -OCH3 is 1. The van der Waals surface area contributed by atoms with Crippen LogP contribution in [0.5, 0.6) is 5.75 Å². The molecule has 0 radical (unpaired) electrons. The van der Waals surface area contributed by atoms with Crippen LogP contribution in [-0.4, -0.2) is 26.2 Å². The standard InChI is InChI=1S/C20H25ClN2O2/c1-20(2,16-7-9-17(21)10-8-16)14-23-19(24)22-12-11-15-5-4-6-18(13-15)25-3/h4-10,13H,11-12,14H2,1-3H3,(H2,22,23,24). The lowest BCUT2D eigenvalue weighted by atomic mass is 9.85. The number of rotatable bonds is 7. The average Bonchev–Trinajstić information content (AvgIpc) is 2.61. The van der Waals surface area contributed by atoms with E-state index in [0.29, 0.717) is 18.1 Å². The van der Waals surface area contributed by atoms with Gasteiger partial charge in [-0.15, -0.1) is 0 Å². The van der Waals surface area contributed by atoms with Gasteiger partial charge in [-0.25, -0.2) is 4.79 Å². The van der Waals surface area contributed by atoms with Crippen LogP contribution in [0.25, 0.3) is 0 Å². The summed E-state index contributed by atoms with van der Waals surface area (Å²) in [7, 11) is 1.65. The number of carbonyl (C=O) groups excluding carboxylic acids is 1.